The molecule has 1 atom stereocenters. The van der Waals surface area contributed by atoms with Crippen molar-refractivity contribution in [3.05, 3.63) is 29.6 Å². The number of rotatable bonds is 4. The van der Waals surface area contributed by atoms with Crippen molar-refractivity contribution < 1.29 is 13.9 Å². The van der Waals surface area contributed by atoms with Gasteiger partial charge in [-0.05, 0) is 37.6 Å². The fourth-order valence-corrected chi connectivity index (χ4v) is 2.24. The molecule has 1 fully saturated rings. The standard InChI is InChI=1S/C14H19FN2O2/c1-19-14(18)10-5-6-12(15)13(8-10)17-9-11-4-2-3-7-16-11/h5-6,8,11,16-17H,2-4,7,9H2,1H3. The predicted octanol–water partition coefficient (Wildman–Crippen LogP) is 2.17. The topological polar surface area (TPSA) is 50.4 Å². The van der Waals surface area contributed by atoms with Crippen LogP contribution in [0.5, 0.6) is 0 Å². The third-order valence-electron chi connectivity index (χ3n) is 3.34. The molecule has 0 aliphatic carbocycles. The SMILES string of the molecule is COC(=O)c1ccc(F)c(NCC2CCCCN2)c1. The van der Waals surface area contributed by atoms with Gasteiger partial charge in [-0.2, -0.15) is 0 Å². The van der Waals surface area contributed by atoms with Crippen molar-refractivity contribution in [1.29, 1.82) is 0 Å². The van der Waals surface area contributed by atoms with E-state index in [0.29, 0.717) is 23.8 Å². The van der Waals surface area contributed by atoms with Gasteiger partial charge in [0.1, 0.15) is 5.82 Å². The smallest absolute Gasteiger partial charge is 0.337 e. The van der Waals surface area contributed by atoms with E-state index in [4.69, 9.17) is 0 Å². The number of esters is 1. The quantitative estimate of drug-likeness (QED) is 0.820. The zero-order valence-corrected chi connectivity index (χ0v) is 11.0. The van der Waals surface area contributed by atoms with Crippen LogP contribution in [0.25, 0.3) is 0 Å². The second-order valence-electron chi connectivity index (χ2n) is 4.71. The lowest BCUT2D eigenvalue weighted by Crippen LogP contribution is -2.39. The van der Waals surface area contributed by atoms with Crippen molar-refractivity contribution in [2.75, 3.05) is 25.5 Å². The van der Waals surface area contributed by atoms with E-state index in [1.54, 1.807) is 0 Å². The van der Waals surface area contributed by atoms with Crippen LogP contribution in [0, 0.1) is 5.82 Å². The molecule has 1 aliphatic rings. The van der Waals surface area contributed by atoms with E-state index in [2.05, 4.69) is 15.4 Å². The summed E-state index contributed by atoms with van der Waals surface area (Å²) in [6, 6.07) is 4.55. The lowest BCUT2D eigenvalue weighted by molar-refractivity contribution is 0.0600. The minimum absolute atomic E-state index is 0.343. The Morgan fingerprint density at radius 2 is 2.37 bits per heavy atom. The molecule has 1 saturated heterocycles. The van der Waals surface area contributed by atoms with E-state index in [-0.39, 0.29) is 5.82 Å². The molecular weight excluding hydrogens is 247 g/mol. The average molecular weight is 266 g/mol. The summed E-state index contributed by atoms with van der Waals surface area (Å²) in [6.45, 7) is 1.67. The summed E-state index contributed by atoms with van der Waals surface area (Å²) in [5, 5.41) is 6.44. The van der Waals surface area contributed by atoms with Gasteiger partial charge in [0, 0.05) is 12.6 Å². The van der Waals surface area contributed by atoms with E-state index in [0.717, 1.165) is 13.0 Å². The maximum absolute atomic E-state index is 13.7. The second-order valence-corrected chi connectivity index (χ2v) is 4.71. The summed E-state index contributed by atoms with van der Waals surface area (Å²) in [4.78, 5) is 11.4. The molecule has 19 heavy (non-hydrogen) atoms. The van der Waals surface area contributed by atoms with E-state index in [1.807, 2.05) is 0 Å². The molecule has 104 valence electrons. The van der Waals surface area contributed by atoms with Crippen LogP contribution in [0.15, 0.2) is 18.2 Å². The molecule has 1 aromatic rings. The molecule has 0 radical (unpaired) electrons. The van der Waals surface area contributed by atoms with Crippen LogP contribution in [0.4, 0.5) is 10.1 Å². The second kappa shape index (κ2) is 6.52. The van der Waals surface area contributed by atoms with Gasteiger partial charge in [-0.25, -0.2) is 9.18 Å². The van der Waals surface area contributed by atoms with E-state index in [9.17, 15) is 9.18 Å². The third kappa shape index (κ3) is 3.67. The van der Waals surface area contributed by atoms with Crippen LogP contribution in [0.2, 0.25) is 0 Å². The molecule has 1 aliphatic heterocycles. The predicted molar refractivity (Wildman–Crippen MR) is 71.9 cm³/mol. The molecule has 5 heteroatoms. The van der Waals surface area contributed by atoms with E-state index >= 15 is 0 Å². The van der Waals surface area contributed by atoms with Crippen molar-refractivity contribution in [2.45, 2.75) is 25.3 Å². The number of hydrogen-bond acceptors (Lipinski definition) is 4. The molecule has 1 unspecified atom stereocenters. The van der Waals surface area contributed by atoms with Crippen LogP contribution in [-0.2, 0) is 4.74 Å². The number of carbonyl (C=O) groups is 1. The maximum Gasteiger partial charge on any atom is 0.337 e. The lowest BCUT2D eigenvalue weighted by Gasteiger charge is -2.24. The van der Waals surface area contributed by atoms with Crippen molar-refractivity contribution >= 4 is 11.7 Å². The third-order valence-corrected chi connectivity index (χ3v) is 3.34. The number of anilines is 1. The normalized spacial score (nSPS) is 18.9. The molecule has 0 aromatic heterocycles. The van der Waals surface area contributed by atoms with Gasteiger partial charge in [0.05, 0.1) is 18.4 Å². The first-order valence-electron chi connectivity index (χ1n) is 6.56. The van der Waals surface area contributed by atoms with Gasteiger partial charge in [-0.3, -0.25) is 0 Å². The molecule has 1 heterocycles. The highest BCUT2D eigenvalue weighted by Gasteiger charge is 2.14. The fourth-order valence-electron chi connectivity index (χ4n) is 2.24. The Bertz CT molecular complexity index is 445. The van der Waals surface area contributed by atoms with Crippen LogP contribution < -0.4 is 10.6 Å². The van der Waals surface area contributed by atoms with Gasteiger partial charge in [0.2, 0.25) is 0 Å². The fraction of sp³-hybridized carbons (Fsp3) is 0.500. The summed E-state index contributed by atoms with van der Waals surface area (Å²) < 4.78 is 18.3. The molecule has 1 aromatic carbocycles. The number of ether oxygens (including phenoxy) is 1. The minimum atomic E-state index is -0.459. The van der Waals surface area contributed by atoms with Crippen LogP contribution in [0.1, 0.15) is 29.6 Å². The van der Waals surface area contributed by atoms with E-state index in [1.165, 1.54) is 38.2 Å². The number of benzene rings is 1. The number of hydrogen-bond donors (Lipinski definition) is 2. The van der Waals surface area contributed by atoms with Crippen molar-refractivity contribution in [3.8, 4) is 0 Å². The van der Waals surface area contributed by atoms with Gasteiger partial charge in [-0.1, -0.05) is 6.42 Å². The molecule has 4 nitrogen and oxygen atoms in total. The number of methoxy groups -OCH3 is 1. The molecule has 0 saturated carbocycles. The Morgan fingerprint density at radius 3 is 3.05 bits per heavy atom. The Hall–Kier alpha value is -1.62. The summed E-state index contributed by atoms with van der Waals surface area (Å²) in [6.07, 6.45) is 3.48. The monoisotopic (exact) mass is 266 g/mol. The van der Waals surface area contributed by atoms with Gasteiger partial charge in [0.25, 0.3) is 0 Å². The highest BCUT2D eigenvalue weighted by molar-refractivity contribution is 5.90. The van der Waals surface area contributed by atoms with Gasteiger partial charge in [-0.15, -0.1) is 0 Å². The number of nitrogens with one attached hydrogen (secondary N) is 2. The first-order chi connectivity index (χ1) is 9.20. The summed E-state index contributed by atoms with van der Waals surface area (Å²) in [5.41, 5.74) is 0.693. The highest BCUT2D eigenvalue weighted by atomic mass is 19.1. The highest BCUT2D eigenvalue weighted by Crippen LogP contribution is 2.17. The largest absolute Gasteiger partial charge is 0.465 e. The summed E-state index contributed by atoms with van der Waals surface area (Å²) in [5.74, 6) is -0.817. The maximum atomic E-state index is 13.7. The van der Waals surface area contributed by atoms with Gasteiger partial charge < -0.3 is 15.4 Å². The Balaban J connectivity index is 2.00. The summed E-state index contributed by atoms with van der Waals surface area (Å²) in [7, 11) is 1.31. The first kappa shape index (κ1) is 13.8. The van der Waals surface area contributed by atoms with Crippen LogP contribution >= 0.6 is 0 Å². The van der Waals surface area contributed by atoms with Crippen LogP contribution in [0.3, 0.4) is 0 Å². The summed E-state index contributed by atoms with van der Waals surface area (Å²) >= 11 is 0. The number of halogens is 1. The first-order valence-corrected chi connectivity index (χ1v) is 6.56. The van der Waals surface area contributed by atoms with Gasteiger partial charge in [0.15, 0.2) is 0 Å². The molecule has 0 bridgehead atoms. The number of carbonyl (C=O) groups excluding carboxylic acids is 1. The zero-order valence-electron chi connectivity index (χ0n) is 11.0. The van der Waals surface area contributed by atoms with Crippen LogP contribution in [-0.4, -0.2) is 32.2 Å². The van der Waals surface area contributed by atoms with Crippen molar-refractivity contribution in [1.82, 2.24) is 5.32 Å². The minimum Gasteiger partial charge on any atom is -0.465 e. The van der Waals surface area contributed by atoms with Crippen molar-refractivity contribution in [2.24, 2.45) is 0 Å². The molecule has 0 amide bonds. The van der Waals surface area contributed by atoms with Crippen molar-refractivity contribution in [3.63, 3.8) is 0 Å². The van der Waals surface area contributed by atoms with Gasteiger partial charge >= 0.3 is 5.97 Å². The lowest BCUT2D eigenvalue weighted by atomic mass is 10.0. The molecule has 0 spiro atoms. The average Bonchev–Trinajstić information content (AvgIpc) is 2.46. The Kier molecular flexibility index (Phi) is 4.74. The molecular formula is C14H19FN2O2. The Morgan fingerprint density at radius 1 is 1.53 bits per heavy atom. The zero-order chi connectivity index (χ0) is 13.7. The molecule has 2 rings (SSSR count). The molecule has 2 N–H and O–H groups in total. The van der Waals surface area contributed by atoms with E-state index < -0.39 is 5.97 Å². The number of piperidine rings is 1. The Labute approximate surface area is 112 Å².